The number of piperazine rings is 1. The zero-order valence-corrected chi connectivity index (χ0v) is 16.1. The van der Waals surface area contributed by atoms with Gasteiger partial charge < -0.3 is 9.80 Å². The number of hydrogen-bond acceptors (Lipinski definition) is 4. The van der Waals surface area contributed by atoms with Gasteiger partial charge in [0.1, 0.15) is 12.1 Å². The summed E-state index contributed by atoms with van der Waals surface area (Å²) in [4.78, 5) is 25.1. The first kappa shape index (κ1) is 18.2. The number of carbonyl (C=O) groups excluding carboxylic acids is 1. The summed E-state index contributed by atoms with van der Waals surface area (Å²) >= 11 is 0. The van der Waals surface area contributed by atoms with E-state index in [-0.39, 0.29) is 5.91 Å². The van der Waals surface area contributed by atoms with Crippen LogP contribution < -0.4 is 4.90 Å². The average molecular weight is 372 g/mol. The molecular weight excluding hydrogens is 348 g/mol. The van der Waals surface area contributed by atoms with Crippen molar-refractivity contribution in [2.45, 2.75) is 13.3 Å². The number of rotatable bonds is 4. The molecule has 1 aromatic heterocycles. The van der Waals surface area contributed by atoms with E-state index in [1.165, 1.54) is 22.8 Å². The van der Waals surface area contributed by atoms with E-state index in [9.17, 15) is 4.79 Å². The van der Waals surface area contributed by atoms with Gasteiger partial charge in [-0.2, -0.15) is 0 Å². The minimum Gasteiger partial charge on any atom is -0.352 e. The lowest BCUT2D eigenvalue weighted by atomic mass is 9.96. The van der Waals surface area contributed by atoms with Crippen molar-refractivity contribution < 1.29 is 4.79 Å². The van der Waals surface area contributed by atoms with Gasteiger partial charge in [-0.15, -0.1) is 0 Å². The first-order valence-corrected chi connectivity index (χ1v) is 9.70. The van der Waals surface area contributed by atoms with Gasteiger partial charge in [-0.3, -0.25) is 4.79 Å². The van der Waals surface area contributed by atoms with E-state index in [2.05, 4.69) is 64.8 Å². The van der Waals surface area contributed by atoms with Crippen LogP contribution in [0.15, 0.2) is 61.4 Å². The molecule has 0 spiro atoms. The smallest absolute Gasteiger partial charge is 0.246 e. The lowest BCUT2D eigenvalue weighted by Gasteiger charge is -2.35. The van der Waals surface area contributed by atoms with Gasteiger partial charge in [0.05, 0.1) is 5.52 Å². The van der Waals surface area contributed by atoms with E-state index in [0.29, 0.717) is 13.1 Å². The Balaban J connectivity index is 1.71. The molecule has 0 bridgehead atoms. The Bertz CT molecular complexity index is 1010. The topological polar surface area (TPSA) is 49.3 Å². The third-order valence-corrected chi connectivity index (χ3v) is 5.37. The van der Waals surface area contributed by atoms with Gasteiger partial charge in [-0.1, -0.05) is 43.8 Å². The van der Waals surface area contributed by atoms with Gasteiger partial charge in [0.15, 0.2) is 0 Å². The van der Waals surface area contributed by atoms with E-state index in [4.69, 9.17) is 0 Å². The molecule has 2 heterocycles. The number of benzene rings is 2. The molecule has 1 fully saturated rings. The molecule has 0 N–H and O–H groups in total. The molecule has 28 heavy (non-hydrogen) atoms. The van der Waals surface area contributed by atoms with Gasteiger partial charge in [0.2, 0.25) is 5.91 Å². The van der Waals surface area contributed by atoms with Crippen molar-refractivity contribution in [2.75, 3.05) is 31.1 Å². The maximum absolute atomic E-state index is 11.8. The fourth-order valence-electron chi connectivity index (χ4n) is 3.83. The van der Waals surface area contributed by atoms with Gasteiger partial charge >= 0.3 is 0 Å². The van der Waals surface area contributed by atoms with E-state index >= 15 is 0 Å². The van der Waals surface area contributed by atoms with Crippen molar-refractivity contribution >= 4 is 22.6 Å². The summed E-state index contributed by atoms with van der Waals surface area (Å²) in [5.41, 5.74) is 4.67. The largest absolute Gasteiger partial charge is 0.352 e. The van der Waals surface area contributed by atoms with Crippen LogP contribution in [0.4, 0.5) is 5.82 Å². The van der Waals surface area contributed by atoms with Crippen LogP contribution in [0.3, 0.4) is 0 Å². The van der Waals surface area contributed by atoms with Gasteiger partial charge in [-0.05, 0) is 41.3 Å². The fourth-order valence-corrected chi connectivity index (χ4v) is 3.83. The zero-order chi connectivity index (χ0) is 19.5. The minimum atomic E-state index is -0.00651. The number of aryl methyl sites for hydroxylation is 1. The zero-order valence-electron chi connectivity index (χ0n) is 16.1. The van der Waals surface area contributed by atoms with Crippen LogP contribution in [-0.2, 0) is 11.2 Å². The molecule has 5 heteroatoms. The summed E-state index contributed by atoms with van der Waals surface area (Å²) < 4.78 is 0. The van der Waals surface area contributed by atoms with Crippen LogP contribution in [0.5, 0.6) is 0 Å². The van der Waals surface area contributed by atoms with E-state index in [1.807, 2.05) is 11.0 Å². The van der Waals surface area contributed by atoms with Gasteiger partial charge in [-0.25, -0.2) is 9.97 Å². The number of anilines is 1. The van der Waals surface area contributed by atoms with E-state index in [1.54, 1.807) is 6.33 Å². The molecule has 1 amide bonds. The van der Waals surface area contributed by atoms with Crippen molar-refractivity contribution in [3.63, 3.8) is 0 Å². The van der Waals surface area contributed by atoms with Crippen molar-refractivity contribution in [3.05, 3.63) is 67.0 Å². The number of nitrogens with zero attached hydrogens (tertiary/aromatic N) is 4. The summed E-state index contributed by atoms with van der Waals surface area (Å²) in [6, 6.07) is 14.8. The molecule has 4 rings (SSSR count). The SMILES string of the molecule is C=CC(=O)N1CCN(c2ncnc3cc(-c4ccccc4)c(CC)cc23)CC1. The number of hydrogen-bond donors (Lipinski definition) is 0. The molecule has 0 aliphatic carbocycles. The monoisotopic (exact) mass is 372 g/mol. The Kier molecular flexibility index (Phi) is 5.06. The molecule has 1 aliphatic rings. The molecule has 1 saturated heterocycles. The van der Waals surface area contributed by atoms with Gasteiger partial charge in [0.25, 0.3) is 0 Å². The first-order valence-electron chi connectivity index (χ1n) is 9.70. The summed E-state index contributed by atoms with van der Waals surface area (Å²) in [6.45, 7) is 8.63. The van der Waals surface area contributed by atoms with Gasteiger partial charge in [0, 0.05) is 31.6 Å². The molecule has 5 nitrogen and oxygen atoms in total. The summed E-state index contributed by atoms with van der Waals surface area (Å²) in [6.07, 6.45) is 3.96. The summed E-state index contributed by atoms with van der Waals surface area (Å²) in [7, 11) is 0. The minimum absolute atomic E-state index is 0.00651. The fraction of sp³-hybridized carbons (Fsp3) is 0.261. The lowest BCUT2D eigenvalue weighted by molar-refractivity contribution is -0.126. The number of amides is 1. The Morgan fingerprint density at radius 2 is 1.86 bits per heavy atom. The van der Waals surface area contributed by atoms with Crippen molar-refractivity contribution in [3.8, 4) is 11.1 Å². The van der Waals surface area contributed by atoms with Crippen molar-refractivity contribution in [2.24, 2.45) is 0 Å². The molecular formula is C23H24N4O. The Morgan fingerprint density at radius 3 is 2.54 bits per heavy atom. The highest BCUT2D eigenvalue weighted by molar-refractivity contribution is 5.94. The van der Waals surface area contributed by atoms with Crippen LogP contribution in [0.25, 0.3) is 22.0 Å². The molecule has 1 aliphatic heterocycles. The number of fused-ring (bicyclic) bond motifs is 1. The van der Waals surface area contributed by atoms with E-state index in [0.717, 1.165) is 36.2 Å². The second kappa shape index (κ2) is 7.80. The highest BCUT2D eigenvalue weighted by Gasteiger charge is 2.22. The van der Waals surface area contributed by atoms with Crippen LogP contribution in [0, 0.1) is 0 Å². The maximum Gasteiger partial charge on any atom is 0.246 e. The highest BCUT2D eigenvalue weighted by Crippen LogP contribution is 2.32. The number of carbonyl (C=O) groups is 1. The maximum atomic E-state index is 11.8. The first-order chi connectivity index (χ1) is 13.7. The predicted molar refractivity (Wildman–Crippen MR) is 113 cm³/mol. The molecule has 2 aromatic carbocycles. The lowest BCUT2D eigenvalue weighted by Crippen LogP contribution is -2.48. The molecule has 0 radical (unpaired) electrons. The molecule has 0 unspecified atom stereocenters. The second-order valence-corrected chi connectivity index (χ2v) is 6.96. The standard InChI is InChI=1S/C23H24N4O/c1-3-17-14-20-21(15-19(17)18-8-6-5-7-9-18)24-16-25-23(20)27-12-10-26(11-13-27)22(28)4-2/h4-9,14-16H,2-3,10-13H2,1H3. The second-order valence-electron chi connectivity index (χ2n) is 6.96. The Labute approximate surface area is 165 Å². The normalized spacial score (nSPS) is 14.3. The quantitative estimate of drug-likeness (QED) is 0.656. The van der Waals surface area contributed by atoms with E-state index < -0.39 is 0 Å². The van der Waals surface area contributed by atoms with Crippen molar-refractivity contribution in [1.29, 1.82) is 0 Å². The number of aromatic nitrogens is 2. The van der Waals surface area contributed by atoms with Crippen LogP contribution in [0.1, 0.15) is 12.5 Å². The van der Waals surface area contributed by atoms with Crippen LogP contribution in [-0.4, -0.2) is 47.0 Å². The summed E-state index contributed by atoms with van der Waals surface area (Å²) in [5.74, 6) is 0.943. The average Bonchev–Trinajstić information content (AvgIpc) is 2.78. The van der Waals surface area contributed by atoms with Crippen LogP contribution >= 0.6 is 0 Å². The third-order valence-electron chi connectivity index (χ3n) is 5.37. The molecule has 142 valence electrons. The molecule has 0 saturated carbocycles. The third kappa shape index (κ3) is 3.36. The Morgan fingerprint density at radius 1 is 1.11 bits per heavy atom. The highest BCUT2D eigenvalue weighted by atomic mass is 16.2. The molecule has 3 aromatic rings. The van der Waals surface area contributed by atoms with Crippen LogP contribution in [0.2, 0.25) is 0 Å². The summed E-state index contributed by atoms with van der Waals surface area (Å²) in [5, 5.41) is 1.07. The Hall–Kier alpha value is -3.21. The predicted octanol–water partition coefficient (Wildman–Crippen LogP) is 3.69. The molecule has 0 atom stereocenters. The van der Waals surface area contributed by atoms with Crippen molar-refractivity contribution in [1.82, 2.24) is 14.9 Å².